The van der Waals surface area contributed by atoms with Gasteiger partial charge in [-0.05, 0) is 96.5 Å². The highest BCUT2D eigenvalue weighted by Crippen LogP contribution is 2.31. The number of non-ortho nitro benzene ring substituents is 1. The first kappa shape index (κ1) is 36.3. The van der Waals surface area contributed by atoms with Gasteiger partial charge in [0, 0.05) is 46.2 Å². The molecule has 0 atom stereocenters. The number of benzene rings is 3. The highest BCUT2D eigenvalue weighted by Gasteiger charge is 2.21. The Labute approximate surface area is 277 Å². The molecule has 0 radical (unpaired) electrons. The van der Waals surface area contributed by atoms with E-state index in [4.69, 9.17) is 31.2 Å². The Morgan fingerprint density at radius 3 is 2.17 bits per heavy atom. The molecular formula is C33H38ClN5O8. The van der Waals surface area contributed by atoms with E-state index in [1.165, 1.54) is 18.2 Å². The summed E-state index contributed by atoms with van der Waals surface area (Å²) in [6, 6.07) is 13.5. The summed E-state index contributed by atoms with van der Waals surface area (Å²) in [6.45, 7) is 11.5. The van der Waals surface area contributed by atoms with Crippen molar-refractivity contribution in [2.45, 2.75) is 66.2 Å². The van der Waals surface area contributed by atoms with Gasteiger partial charge >= 0.3 is 12.1 Å². The smallest absolute Gasteiger partial charge is 0.413 e. The van der Waals surface area contributed by atoms with E-state index in [2.05, 4.69) is 16.0 Å². The fourth-order valence-electron chi connectivity index (χ4n) is 4.22. The summed E-state index contributed by atoms with van der Waals surface area (Å²) in [6.07, 6.45) is -0.761. The number of ether oxygens (including phenoxy) is 3. The van der Waals surface area contributed by atoms with Crippen LogP contribution in [0.25, 0.3) is 0 Å². The van der Waals surface area contributed by atoms with Crippen LogP contribution in [0.2, 0.25) is 5.02 Å². The molecule has 0 heterocycles. The fraction of sp³-hybridized carbons (Fsp3) is 0.333. The standard InChI is InChI=1S/C33H38ClN5O8/c1-19-14-24(39(43)44)15-21(28(19)45-18-27(40)46-32(2,3)4)17-36-26-13-10-22(34)16-25(26)30(41)37-23-11-8-20(9-12-23)29(35)38-31(42)47-33(5,6)7/h8-16,36H,17-18H2,1-7H3,(H,37,41)(H2,35,38,42). The number of nitrogens with one attached hydrogen (secondary N) is 4. The second-order valence-corrected chi connectivity index (χ2v) is 12.9. The molecule has 0 bridgehead atoms. The SMILES string of the molecule is Cc1cc([N+](=O)[O-])cc(CNc2ccc(Cl)cc2C(=O)Nc2ccc(C(=N)NC(=O)OC(C)(C)C)cc2)c1OCC(=O)OC(C)(C)C. The number of anilines is 2. The Morgan fingerprint density at radius 1 is 0.936 bits per heavy atom. The van der Waals surface area contributed by atoms with E-state index in [0.717, 1.165) is 0 Å². The zero-order valence-corrected chi connectivity index (χ0v) is 28.0. The second-order valence-electron chi connectivity index (χ2n) is 12.5. The zero-order chi connectivity index (χ0) is 35.1. The maximum absolute atomic E-state index is 13.4. The lowest BCUT2D eigenvalue weighted by molar-refractivity contribution is -0.385. The summed E-state index contributed by atoms with van der Waals surface area (Å²) in [5.41, 5.74) is 0.543. The molecule has 0 aliphatic carbocycles. The van der Waals surface area contributed by atoms with Crippen LogP contribution in [0.15, 0.2) is 54.6 Å². The number of nitro benzene ring substituents is 1. The van der Waals surface area contributed by atoms with Crippen molar-refractivity contribution >= 4 is 52.5 Å². The van der Waals surface area contributed by atoms with Gasteiger partial charge in [-0.1, -0.05) is 11.6 Å². The Balaban J connectivity index is 1.78. The first-order valence-electron chi connectivity index (χ1n) is 14.5. The molecule has 0 aliphatic heterocycles. The quantitative estimate of drug-likeness (QED) is 0.0582. The molecule has 3 aromatic carbocycles. The van der Waals surface area contributed by atoms with E-state index in [-0.39, 0.29) is 29.4 Å². The van der Waals surface area contributed by atoms with Gasteiger partial charge < -0.3 is 24.8 Å². The van der Waals surface area contributed by atoms with Gasteiger partial charge in [0.15, 0.2) is 6.61 Å². The van der Waals surface area contributed by atoms with Gasteiger partial charge in [0.05, 0.1) is 10.5 Å². The van der Waals surface area contributed by atoms with E-state index in [9.17, 15) is 24.5 Å². The van der Waals surface area contributed by atoms with Crippen LogP contribution < -0.4 is 20.7 Å². The van der Waals surface area contributed by atoms with Crippen molar-refractivity contribution in [3.05, 3.63) is 92.0 Å². The maximum Gasteiger partial charge on any atom is 0.413 e. The van der Waals surface area contributed by atoms with E-state index >= 15 is 0 Å². The van der Waals surface area contributed by atoms with Gasteiger partial charge in [-0.2, -0.15) is 0 Å². The normalized spacial score (nSPS) is 11.2. The molecule has 14 heteroatoms. The molecule has 0 saturated carbocycles. The average Bonchev–Trinajstić information content (AvgIpc) is 2.94. The number of esters is 1. The van der Waals surface area contributed by atoms with Crippen molar-refractivity contribution in [3.63, 3.8) is 0 Å². The highest BCUT2D eigenvalue weighted by atomic mass is 35.5. The van der Waals surface area contributed by atoms with Crippen molar-refractivity contribution < 1.29 is 33.5 Å². The number of hydrogen-bond donors (Lipinski definition) is 4. The van der Waals surface area contributed by atoms with Crippen LogP contribution >= 0.6 is 11.6 Å². The number of nitro groups is 1. The second kappa shape index (κ2) is 14.9. The molecule has 0 spiro atoms. The molecule has 2 amide bonds. The summed E-state index contributed by atoms with van der Waals surface area (Å²) in [5, 5.41) is 28.3. The van der Waals surface area contributed by atoms with E-state index in [1.54, 1.807) is 84.9 Å². The van der Waals surface area contributed by atoms with Gasteiger partial charge in [0.2, 0.25) is 0 Å². The first-order chi connectivity index (χ1) is 21.8. The number of rotatable bonds is 10. The van der Waals surface area contributed by atoms with Gasteiger partial charge in [0.25, 0.3) is 11.6 Å². The number of halogens is 1. The lowest BCUT2D eigenvalue weighted by Gasteiger charge is -2.20. The predicted octanol–water partition coefficient (Wildman–Crippen LogP) is 6.99. The Morgan fingerprint density at radius 2 is 1.57 bits per heavy atom. The number of alkyl carbamates (subject to hydrolysis) is 1. The van der Waals surface area contributed by atoms with E-state index in [1.807, 2.05) is 0 Å². The highest BCUT2D eigenvalue weighted by molar-refractivity contribution is 6.31. The number of carbonyl (C=O) groups is 3. The maximum atomic E-state index is 13.4. The summed E-state index contributed by atoms with van der Waals surface area (Å²) in [4.78, 5) is 48.7. The third-order valence-corrected chi connectivity index (χ3v) is 6.29. The molecule has 0 aromatic heterocycles. The first-order valence-corrected chi connectivity index (χ1v) is 14.9. The Bertz CT molecular complexity index is 1680. The molecule has 0 unspecified atom stereocenters. The van der Waals surface area contributed by atoms with Crippen LogP contribution in [-0.4, -0.2) is 46.5 Å². The number of nitrogens with zero attached hydrogens (tertiary/aromatic N) is 1. The summed E-state index contributed by atoms with van der Waals surface area (Å²) < 4.78 is 16.2. The third kappa shape index (κ3) is 11.3. The van der Waals surface area contributed by atoms with Gasteiger partial charge in [-0.25, -0.2) is 9.59 Å². The molecule has 13 nitrogen and oxygen atoms in total. The Kier molecular flexibility index (Phi) is 11.5. The zero-order valence-electron chi connectivity index (χ0n) is 27.2. The lowest BCUT2D eigenvalue weighted by atomic mass is 10.1. The van der Waals surface area contributed by atoms with Crippen LogP contribution in [0.3, 0.4) is 0 Å². The van der Waals surface area contributed by atoms with Crippen molar-refractivity contribution in [1.82, 2.24) is 5.32 Å². The largest absolute Gasteiger partial charge is 0.481 e. The molecule has 3 rings (SSSR count). The molecular weight excluding hydrogens is 630 g/mol. The average molecular weight is 668 g/mol. The summed E-state index contributed by atoms with van der Waals surface area (Å²) in [7, 11) is 0. The van der Waals surface area contributed by atoms with Crippen LogP contribution in [0.5, 0.6) is 5.75 Å². The predicted molar refractivity (Wildman–Crippen MR) is 179 cm³/mol. The minimum Gasteiger partial charge on any atom is -0.481 e. The van der Waals surface area contributed by atoms with Crippen LogP contribution in [0.4, 0.5) is 21.9 Å². The molecule has 3 aromatic rings. The third-order valence-electron chi connectivity index (χ3n) is 6.05. The number of amides is 2. The fourth-order valence-corrected chi connectivity index (χ4v) is 4.39. The summed E-state index contributed by atoms with van der Waals surface area (Å²) >= 11 is 6.22. The number of amidine groups is 1. The van der Waals surface area contributed by atoms with Crippen LogP contribution in [0.1, 0.15) is 68.6 Å². The van der Waals surface area contributed by atoms with Crippen LogP contribution in [0, 0.1) is 22.4 Å². The monoisotopic (exact) mass is 667 g/mol. The van der Waals surface area contributed by atoms with Crippen LogP contribution in [-0.2, 0) is 20.8 Å². The van der Waals surface area contributed by atoms with E-state index < -0.39 is 40.7 Å². The lowest BCUT2D eigenvalue weighted by Crippen LogP contribution is -2.36. The summed E-state index contributed by atoms with van der Waals surface area (Å²) in [5.74, 6) is -1.03. The van der Waals surface area contributed by atoms with E-state index in [0.29, 0.717) is 33.1 Å². The molecule has 250 valence electrons. The molecule has 0 fully saturated rings. The van der Waals surface area contributed by atoms with Crippen molar-refractivity contribution in [2.75, 3.05) is 17.2 Å². The molecule has 0 saturated heterocycles. The topological polar surface area (TPSA) is 182 Å². The van der Waals surface area contributed by atoms with Crippen molar-refractivity contribution in [1.29, 1.82) is 5.41 Å². The van der Waals surface area contributed by atoms with Crippen molar-refractivity contribution in [3.8, 4) is 5.75 Å². The molecule has 47 heavy (non-hydrogen) atoms. The molecule has 4 N–H and O–H groups in total. The Hall–Kier alpha value is -5.17. The van der Waals surface area contributed by atoms with Gasteiger partial charge in [-0.3, -0.25) is 25.6 Å². The van der Waals surface area contributed by atoms with Gasteiger partial charge in [-0.15, -0.1) is 0 Å². The number of carbonyl (C=O) groups excluding carboxylic acids is 3. The molecule has 0 aliphatic rings. The number of hydrogen-bond acceptors (Lipinski definition) is 10. The van der Waals surface area contributed by atoms with Crippen molar-refractivity contribution in [2.24, 2.45) is 0 Å². The van der Waals surface area contributed by atoms with Gasteiger partial charge in [0.1, 0.15) is 22.8 Å². The minimum atomic E-state index is -0.761. The minimum absolute atomic E-state index is 0.00442. The number of aryl methyl sites for hydroxylation is 1.